The Hall–Kier alpha value is -1.89. The van der Waals surface area contributed by atoms with E-state index in [2.05, 4.69) is 65.7 Å². The average Bonchev–Trinajstić information content (AvgIpc) is 3.13. The molecule has 0 saturated heterocycles. The summed E-state index contributed by atoms with van der Waals surface area (Å²) in [6.07, 6.45) is 0.935. The van der Waals surface area contributed by atoms with Gasteiger partial charge >= 0.3 is 0 Å². The smallest absolute Gasteiger partial charge is 0.191 e. The van der Waals surface area contributed by atoms with Crippen molar-refractivity contribution in [3.8, 4) is 0 Å². The minimum atomic E-state index is 0.464. The molecule has 2 heterocycles. The largest absolute Gasteiger partial charge is 0.357 e. The van der Waals surface area contributed by atoms with E-state index in [9.17, 15) is 0 Å². The van der Waals surface area contributed by atoms with Gasteiger partial charge in [-0.3, -0.25) is 4.68 Å². The zero-order valence-corrected chi connectivity index (χ0v) is 17.0. The van der Waals surface area contributed by atoms with Gasteiger partial charge in [-0.05, 0) is 38.7 Å². The number of hydrogen-bond donors (Lipinski definition) is 2. The van der Waals surface area contributed by atoms with Crippen molar-refractivity contribution in [2.75, 3.05) is 13.1 Å². The first-order chi connectivity index (χ1) is 11.9. The Morgan fingerprint density at radius 3 is 2.64 bits per heavy atom. The van der Waals surface area contributed by atoms with Crippen LogP contribution in [0.2, 0.25) is 0 Å². The van der Waals surface area contributed by atoms with Crippen molar-refractivity contribution < 1.29 is 0 Å². The lowest BCUT2D eigenvalue weighted by atomic mass is 10.1. The number of thiazole rings is 1. The summed E-state index contributed by atoms with van der Waals surface area (Å²) >= 11 is 1.68. The number of rotatable bonds is 7. The summed E-state index contributed by atoms with van der Waals surface area (Å²) in [4.78, 5) is 9.30. The third-order valence-electron chi connectivity index (χ3n) is 4.20. The monoisotopic (exact) mass is 362 g/mol. The lowest BCUT2D eigenvalue weighted by Gasteiger charge is -2.11. The van der Waals surface area contributed by atoms with Gasteiger partial charge in [-0.15, -0.1) is 11.3 Å². The van der Waals surface area contributed by atoms with Crippen LogP contribution < -0.4 is 10.6 Å². The highest BCUT2D eigenvalue weighted by atomic mass is 32.1. The second-order valence-corrected chi connectivity index (χ2v) is 7.41. The molecule has 25 heavy (non-hydrogen) atoms. The van der Waals surface area contributed by atoms with E-state index in [0.29, 0.717) is 12.5 Å². The Bertz CT molecular complexity index is 713. The van der Waals surface area contributed by atoms with Crippen molar-refractivity contribution in [1.29, 1.82) is 0 Å². The van der Waals surface area contributed by atoms with E-state index in [1.54, 1.807) is 11.3 Å². The number of nitrogens with one attached hydrogen (secondary N) is 2. The Balaban J connectivity index is 1.93. The maximum atomic E-state index is 4.66. The van der Waals surface area contributed by atoms with Crippen molar-refractivity contribution in [1.82, 2.24) is 25.4 Å². The van der Waals surface area contributed by atoms with Crippen LogP contribution in [0.5, 0.6) is 0 Å². The molecule has 0 fully saturated rings. The number of guanidine groups is 1. The Labute approximate surface area is 154 Å². The van der Waals surface area contributed by atoms with Crippen LogP contribution in [0.4, 0.5) is 0 Å². The van der Waals surface area contributed by atoms with Crippen molar-refractivity contribution >= 4 is 17.3 Å². The molecule has 0 bridgehead atoms. The second-order valence-electron chi connectivity index (χ2n) is 6.47. The molecular weight excluding hydrogens is 332 g/mol. The predicted molar refractivity (Wildman–Crippen MR) is 105 cm³/mol. The van der Waals surface area contributed by atoms with Crippen molar-refractivity contribution in [3.63, 3.8) is 0 Å². The summed E-state index contributed by atoms with van der Waals surface area (Å²) in [5.41, 5.74) is 4.79. The third kappa shape index (κ3) is 5.29. The van der Waals surface area contributed by atoms with E-state index in [0.717, 1.165) is 41.9 Å². The maximum Gasteiger partial charge on any atom is 0.191 e. The van der Waals surface area contributed by atoms with Crippen LogP contribution in [-0.4, -0.2) is 33.8 Å². The number of aromatic nitrogens is 3. The van der Waals surface area contributed by atoms with Crippen molar-refractivity contribution in [2.45, 2.75) is 53.5 Å². The molecule has 6 nitrogen and oxygen atoms in total. The summed E-state index contributed by atoms with van der Waals surface area (Å²) in [5.74, 6) is 1.30. The molecule has 2 N–H and O–H groups in total. The van der Waals surface area contributed by atoms with Crippen molar-refractivity contribution in [3.05, 3.63) is 33.0 Å². The molecule has 0 amide bonds. The van der Waals surface area contributed by atoms with Gasteiger partial charge < -0.3 is 10.6 Å². The summed E-state index contributed by atoms with van der Waals surface area (Å²) in [6, 6.07) is 0. The highest BCUT2D eigenvalue weighted by Gasteiger charge is 2.09. The third-order valence-corrected chi connectivity index (χ3v) is 5.06. The van der Waals surface area contributed by atoms with Gasteiger partial charge in [0.1, 0.15) is 5.01 Å². The molecule has 0 aliphatic carbocycles. The highest BCUT2D eigenvalue weighted by molar-refractivity contribution is 7.09. The molecule has 2 rings (SSSR count). The SMILES string of the molecule is CCNC(=NCc1nc(C(C)C)cs1)NCCc1c(C)nn(C)c1C. The summed E-state index contributed by atoms with van der Waals surface area (Å²) < 4.78 is 1.94. The van der Waals surface area contributed by atoms with Gasteiger partial charge in [-0.25, -0.2) is 9.98 Å². The highest BCUT2D eigenvalue weighted by Crippen LogP contribution is 2.18. The fourth-order valence-electron chi connectivity index (χ4n) is 2.64. The summed E-state index contributed by atoms with van der Waals surface area (Å²) in [7, 11) is 1.99. The van der Waals surface area contributed by atoms with Crippen LogP contribution in [0.3, 0.4) is 0 Å². The standard InChI is InChI=1S/C18H30N6S/c1-7-19-18(21-10-17-22-16(11-25-17)12(2)3)20-9-8-15-13(4)23-24(6)14(15)5/h11-12H,7-10H2,1-6H3,(H2,19,20,21). The minimum absolute atomic E-state index is 0.464. The fraction of sp³-hybridized carbons (Fsp3) is 0.611. The molecule has 0 spiro atoms. The molecule has 0 aromatic carbocycles. The predicted octanol–water partition coefficient (Wildman–Crippen LogP) is 2.91. The first-order valence-corrected chi connectivity index (χ1v) is 9.75. The molecule has 0 radical (unpaired) electrons. The maximum absolute atomic E-state index is 4.66. The van der Waals surface area contributed by atoms with Crippen LogP contribution >= 0.6 is 11.3 Å². The Morgan fingerprint density at radius 2 is 2.08 bits per heavy atom. The fourth-order valence-corrected chi connectivity index (χ4v) is 3.52. The van der Waals surface area contributed by atoms with Crippen LogP contribution in [0.15, 0.2) is 10.4 Å². The van der Waals surface area contributed by atoms with Gasteiger partial charge in [-0.1, -0.05) is 13.8 Å². The number of aryl methyl sites for hydroxylation is 2. The molecular formula is C18H30N6S. The van der Waals surface area contributed by atoms with E-state index in [1.807, 2.05) is 11.7 Å². The topological polar surface area (TPSA) is 67.1 Å². The van der Waals surface area contributed by atoms with Crippen LogP contribution in [0, 0.1) is 13.8 Å². The van der Waals surface area contributed by atoms with Crippen LogP contribution in [-0.2, 0) is 20.0 Å². The van der Waals surface area contributed by atoms with E-state index < -0.39 is 0 Å². The Morgan fingerprint density at radius 1 is 1.32 bits per heavy atom. The van der Waals surface area contributed by atoms with E-state index >= 15 is 0 Å². The van der Waals surface area contributed by atoms with E-state index in [-0.39, 0.29) is 0 Å². The van der Waals surface area contributed by atoms with E-state index in [1.165, 1.54) is 11.3 Å². The number of nitrogens with zero attached hydrogens (tertiary/aromatic N) is 4. The minimum Gasteiger partial charge on any atom is -0.357 e. The molecule has 0 aliphatic rings. The number of aliphatic imine (C=N–C) groups is 1. The quantitative estimate of drug-likeness (QED) is 0.587. The summed E-state index contributed by atoms with van der Waals surface area (Å²) in [6.45, 7) is 12.9. The lowest BCUT2D eigenvalue weighted by Crippen LogP contribution is -2.38. The first-order valence-electron chi connectivity index (χ1n) is 8.87. The van der Waals surface area contributed by atoms with Crippen LogP contribution in [0.25, 0.3) is 0 Å². The van der Waals surface area contributed by atoms with Gasteiger partial charge in [0.05, 0.1) is 17.9 Å². The zero-order chi connectivity index (χ0) is 18.4. The van der Waals surface area contributed by atoms with Gasteiger partial charge in [0.25, 0.3) is 0 Å². The number of hydrogen-bond acceptors (Lipinski definition) is 4. The molecule has 0 unspecified atom stereocenters. The lowest BCUT2D eigenvalue weighted by molar-refractivity contribution is 0.729. The molecule has 0 saturated carbocycles. The summed E-state index contributed by atoms with van der Waals surface area (Å²) in [5, 5.41) is 14.4. The van der Waals surface area contributed by atoms with Gasteiger partial charge in [0, 0.05) is 31.2 Å². The zero-order valence-electron chi connectivity index (χ0n) is 16.2. The van der Waals surface area contributed by atoms with E-state index in [4.69, 9.17) is 0 Å². The normalized spacial score (nSPS) is 12.0. The Kier molecular flexibility index (Phi) is 6.99. The molecule has 2 aromatic heterocycles. The van der Waals surface area contributed by atoms with Gasteiger partial charge in [-0.2, -0.15) is 5.10 Å². The molecule has 138 valence electrons. The first kappa shape index (κ1) is 19.4. The average molecular weight is 363 g/mol. The molecule has 2 aromatic rings. The second kappa shape index (κ2) is 8.99. The molecule has 7 heteroatoms. The molecule has 0 aliphatic heterocycles. The van der Waals surface area contributed by atoms with Crippen molar-refractivity contribution in [2.24, 2.45) is 12.0 Å². The molecule has 0 atom stereocenters. The van der Waals surface area contributed by atoms with Gasteiger partial charge in [0.15, 0.2) is 5.96 Å². The van der Waals surface area contributed by atoms with Gasteiger partial charge in [0.2, 0.25) is 0 Å². The van der Waals surface area contributed by atoms with Crippen LogP contribution in [0.1, 0.15) is 54.3 Å².